The second-order valence-corrected chi connectivity index (χ2v) is 8.76. The summed E-state index contributed by atoms with van der Waals surface area (Å²) in [4.78, 5) is 0. The van der Waals surface area contributed by atoms with Gasteiger partial charge >= 0.3 is 13.8 Å². The summed E-state index contributed by atoms with van der Waals surface area (Å²) in [6, 6.07) is 21.3. The fourth-order valence-corrected chi connectivity index (χ4v) is 4.86. The Morgan fingerprint density at radius 3 is 1.78 bits per heavy atom. The summed E-state index contributed by atoms with van der Waals surface area (Å²) in [6.45, 7) is 0. The van der Waals surface area contributed by atoms with Crippen LogP contribution in [0.1, 0.15) is 5.76 Å². The standard InChI is InChI=1S/C22H14ClF3NO4P/c23-16-13-11-15(12-14-16)19-20(21(29-27-19)22(24,25)26)32(28,30-17-7-3-1-4-8-17)31-18-9-5-2-6-10-18/h1-14H. The molecule has 0 aliphatic rings. The summed E-state index contributed by atoms with van der Waals surface area (Å²) in [5, 5.41) is 3.09. The van der Waals surface area contributed by atoms with Gasteiger partial charge in [-0.2, -0.15) is 13.2 Å². The molecule has 0 unspecified atom stereocenters. The maximum absolute atomic E-state index is 14.1. The highest BCUT2D eigenvalue weighted by atomic mass is 35.5. The molecule has 164 valence electrons. The number of halogens is 4. The smallest absolute Gasteiger partial charge is 0.413 e. The Balaban J connectivity index is 1.93. The van der Waals surface area contributed by atoms with E-state index in [4.69, 9.17) is 20.6 Å². The molecule has 32 heavy (non-hydrogen) atoms. The molecule has 0 spiro atoms. The predicted octanol–water partition coefficient (Wildman–Crippen LogP) is 6.99. The molecule has 0 atom stereocenters. The molecule has 0 aliphatic heterocycles. The highest BCUT2D eigenvalue weighted by molar-refractivity contribution is 7.63. The van der Waals surface area contributed by atoms with E-state index in [2.05, 4.69) is 9.68 Å². The topological polar surface area (TPSA) is 61.6 Å². The first kappa shape index (κ1) is 22.0. The van der Waals surface area contributed by atoms with Gasteiger partial charge in [-0.1, -0.05) is 65.3 Å². The first-order valence-corrected chi connectivity index (χ1v) is 11.1. The van der Waals surface area contributed by atoms with Crippen molar-refractivity contribution in [3.8, 4) is 22.8 Å². The number of hydrogen-bond acceptors (Lipinski definition) is 5. The lowest BCUT2D eigenvalue weighted by molar-refractivity contribution is -0.154. The number of rotatable bonds is 6. The Bertz CT molecular complexity index is 1200. The van der Waals surface area contributed by atoms with Gasteiger partial charge in [0, 0.05) is 10.6 Å². The maximum atomic E-state index is 14.1. The van der Waals surface area contributed by atoms with E-state index in [0.717, 1.165) is 0 Å². The third kappa shape index (κ3) is 4.66. The average Bonchev–Trinajstić information content (AvgIpc) is 3.22. The normalized spacial score (nSPS) is 11.9. The molecule has 0 saturated carbocycles. The third-order valence-corrected chi connectivity index (χ3v) is 6.37. The van der Waals surface area contributed by atoms with E-state index in [1.54, 1.807) is 36.4 Å². The Labute approximate surface area is 185 Å². The van der Waals surface area contributed by atoms with Crippen LogP contribution in [-0.2, 0) is 10.7 Å². The van der Waals surface area contributed by atoms with Gasteiger partial charge < -0.3 is 13.6 Å². The van der Waals surface area contributed by atoms with E-state index < -0.39 is 24.8 Å². The van der Waals surface area contributed by atoms with Gasteiger partial charge in [0.15, 0.2) is 5.30 Å². The first-order valence-electron chi connectivity index (χ1n) is 9.19. The zero-order valence-corrected chi connectivity index (χ0v) is 17.8. The molecule has 0 bridgehead atoms. The minimum Gasteiger partial charge on any atom is -0.413 e. The van der Waals surface area contributed by atoms with Gasteiger partial charge in [0.25, 0.3) is 5.76 Å². The highest BCUT2D eigenvalue weighted by Crippen LogP contribution is 2.52. The first-order chi connectivity index (χ1) is 15.3. The van der Waals surface area contributed by atoms with Crippen molar-refractivity contribution in [2.45, 2.75) is 6.18 Å². The molecule has 0 N–H and O–H groups in total. The van der Waals surface area contributed by atoms with E-state index in [0.29, 0.717) is 5.02 Å². The molecule has 4 rings (SSSR count). The van der Waals surface area contributed by atoms with E-state index in [9.17, 15) is 17.7 Å². The van der Waals surface area contributed by atoms with E-state index in [1.165, 1.54) is 48.5 Å². The second kappa shape index (κ2) is 8.73. The summed E-state index contributed by atoms with van der Waals surface area (Å²) >= 11 is 5.89. The Morgan fingerprint density at radius 2 is 1.31 bits per heavy atom. The van der Waals surface area contributed by atoms with Crippen molar-refractivity contribution < 1.29 is 31.3 Å². The van der Waals surface area contributed by atoms with Gasteiger partial charge in [-0.05, 0) is 36.4 Å². The summed E-state index contributed by atoms with van der Waals surface area (Å²) in [5.74, 6) is -1.48. The van der Waals surface area contributed by atoms with E-state index >= 15 is 0 Å². The Hall–Kier alpha value is -3.22. The van der Waals surface area contributed by atoms with Crippen molar-refractivity contribution in [1.82, 2.24) is 5.16 Å². The monoisotopic (exact) mass is 479 g/mol. The largest absolute Gasteiger partial charge is 0.469 e. The third-order valence-electron chi connectivity index (χ3n) is 4.25. The van der Waals surface area contributed by atoms with Crippen LogP contribution in [0.25, 0.3) is 11.3 Å². The van der Waals surface area contributed by atoms with Crippen LogP contribution in [0, 0.1) is 0 Å². The fourth-order valence-electron chi connectivity index (χ4n) is 2.87. The zero-order valence-electron chi connectivity index (χ0n) is 16.1. The van der Waals surface area contributed by atoms with Crippen LogP contribution in [-0.4, -0.2) is 5.16 Å². The van der Waals surface area contributed by atoms with Crippen LogP contribution in [0.2, 0.25) is 5.02 Å². The Morgan fingerprint density at radius 1 is 0.812 bits per heavy atom. The van der Waals surface area contributed by atoms with Crippen LogP contribution in [0.5, 0.6) is 11.5 Å². The molecule has 0 amide bonds. The summed E-state index contributed by atoms with van der Waals surface area (Å²) < 4.78 is 71.4. The SMILES string of the molecule is O=P(Oc1ccccc1)(Oc1ccccc1)c1c(-c2ccc(Cl)cc2)noc1C(F)(F)F. The molecule has 5 nitrogen and oxygen atoms in total. The number of nitrogens with zero attached hydrogens (tertiary/aromatic N) is 1. The molecule has 0 saturated heterocycles. The molecule has 0 fully saturated rings. The van der Waals surface area contributed by atoms with Crippen LogP contribution in [0.4, 0.5) is 13.2 Å². The van der Waals surface area contributed by atoms with Crippen molar-refractivity contribution in [3.05, 3.63) is 95.7 Å². The van der Waals surface area contributed by atoms with Gasteiger partial charge in [0.1, 0.15) is 17.2 Å². The van der Waals surface area contributed by atoms with Crippen molar-refractivity contribution in [1.29, 1.82) is 0 Å². The summed E-state index contributed by atoms with van der Waals surface area (Å²) in [7, 11) is -4.73. The maximum Gasteiger partial charge on any atom is 0.469 e. The lowest BCUT2D eigenvalue weighted by Crippen LogP contribution is -2.23. The minimum absolute atomic E-state index is 0.0446. The minimum atomic E-state index is -5.01. The quantitative estimate of drug-likeness (QED) is 0.279. The number of para-hydroxylation sites is 2. The molecule has 10 heteroatoms. The van der Waals surface area contributed by atoms with Gasteiger partial charge in [-0.15, -0.1) is 0 Å². The van der Waals surface area contributed by atoms with Crippen molar-refractivity contribution in [2.24, 2.45) is 0 Å². The summed E-state index contributed by atoms with van der Waals surface area (Å²) in [5.41, 5.74) is -0.138. The molecule has 1 heterocycles. The number of benzene rings is 3. The van der Waals surface area contributed by atoms with Gasteiger partial charge in [-0.25, -0.2) is 4.57 Å². The number of alkyl halides is 3. The lowest BCUT2D eigenvalue weighted by Gasteiger charge is -2.21. The van der Waals surface area contributed by atoms with Gasteiger partial charge in [-0.3, -0.25) is 0 Å². The van der Waals surface area contributed by atoms with Crippen molar-refractivity contribution in [3.63, 3.8) is 0 Å². The molecular formula is C22H14ClF3NO4P. The number of aromatic nitrogens is 1. The van der Waals surface area contributed by atoms with Gasteiger partial charge in [0.2, 0.25) is 0 Å². The predicted molar refractivity (Wildman–Crippen MR) is 113 cm³/mol. The van der Waals surface area contributed by atoms with E-state index in [-0.39, 0.29) is 22.8 Å². The van der Waals surface area contributed by atoms with Crippen LogP contribution in [0.15, 0.2) is 89.5 Å². The molecule has 3 aromatic carbocycles. The molecule has 0 radical (unpaired) electrons. The molecule has 1 aromatic heterocycles. The zero-order chi connectivity index (χ0) is 22.8. The fraction of sp³-hybridized carbons (Fsp3) is 0.0455. The number of hydrogen-bond donors (Lipinski definition) is 0. The Kier molecular flexibility index (Phi) is 6.00. The summed E-state index contributed by atoms with van der Waals surface area (Å²) in [6.07, 6.45) is -5.01. The van der Waals surface area contributed by atoms with Crippen LogP contribution >= 0.6 is 19.2 Å². The molecular weight excluding hydrogens is 466 g/mol. The van der Waals surface area contributed by atoms with E-state index in [1.807, 2.05) is 0 Å². The van der Waals surface area contributed by atoms with Crippen molar-refractivity contribution >= 4 is 24.5 Å². The highest BCUT2D eigenvalue weighted by Gasteiger charge is 2.50. The molecule has 0 aliphatic carbocycles. The van der Waals surface area contributed by atoms with Crippen molar-refractivity contribution in [2.75, 3.05) is 0 Å². The average molecular weight is 480 g/mol. The molecule has 4 aromatic rings. The second-order valence-electron chi connectivity index (χ2n) is 6.52. The lowest BCUT2D eigenvalue weighted by atomic mass is 10.1. The van der Waals surface area contributed by atoms with Crippen LogP contribution < -0.4 is 14.4 Å². The van der Waals surface area contributed by atoms with Crippen LogP contribution in [0.3, 0.4) is 0 Å². The van der Waals surface area contributed by atoms with Gasteiger partial charge in [0.05, 0.1) is 0 Å².